The van der Waals surface area contributed by atoms with Gasteiger partial charge in [-0.2, -0.15) is 0 Å². The van der Waals surface area contributed by atoms with Crippen LogP contribution >= 0.6 is 0 Å². The number of ether oxygens (including phenoxy) is 1. The fraction of sp³-hybridized carbons (Fsp3) is 0.241. The van der Waals surface area contributed by atoms with Crippen LogP contribution in [-0.2, 0) is 16.0 Å². The predicted octanol–water partition coefficient (Wildman–Crippen LogP) is 6.05. The van der Waals surface area contributed by atoms with Gasteiger partial charge in [-0.1, -0.05) is 55.8 Å². The molecule has 0 atom stereocenters. The molecule has 34 heavy (non-hydrogen) atoms. The second kappa shape index (κ2) is 9.96. The molecule has 0 unspecified atom stereocenters. The van der Waals surface area contributed by atoms with E-state index in [1.54, 1.807) is 0 Å². The second-order valence-corrected chi connectivity index (χ2v) is 8.53. The van der Waals surface area contributed by atoms with E-state index in [9.17, 15) is 9.59 Å². The van der Waals surface area contributed by atoms with Crippen LogP contribution in [-0.4, -0.2) is 18.4 Å². The predicted molar refractivity (Wildman–Crippen MR) is 137 cm³/mol. The number of rotatable bonds is 8. The van der Waals surface area contributed by atoms with E-state index in [-0.39, 0.29) is 17.5 Å². The van der Waals surface area contributed by atoms with E-state index >= 15 is 0 Å². The molecule has 1 aliphatic heterocycles. The third-order valence-corrected chi connectivity index (χ3v) is 5.92. The maximum Gasteiger partial charge on any atom is 0.282 e. The minimum Gasteiger partial charge on any atom is -0.494 e. The molecular weight excluding hydrogens is 424 g/mol. The third-order valence-electron chi connectivity index (χ3n) is 5.92. The standard InChI is InChI=1S/C29H30N2O3/c1-5-17-34-24-14-10-22(11-15-24)26-27(30-23-12-8-21(6-2)9-13-23)29(33)31(28(26)32)25-16-7-19(3)18-20(25)4/h7-16,18,30H,5-6,17H2,1-4H3. The lowest BCUT2D eigenvalue weighted by molar-refractivity contribution is -0.120. The Bertz CT molecular complexity index is 1240. The molecule has 0 bridgehead atoms. The quantitative estimate of drug-likeness (QED) is 0.421. The molecule has 3 aromatic rings. The number of amides is 2. The maximum atomic E-state index is 13.7. The summed E-state index contributed by atoms with van der Waals surface area (Å²) >= 11 is 0. The average molecular weight is 455 g/mol. The molecule has 0 saturated heterocycles. The van der Waals surface area contributed by atoms with Gasteiger partial charge in [-0.15, -0.1) is 0 Å². The summed E-state index contributed by atoms with van der Waals surface area (Å²) in [7, 11) is 0. The van der Waals surface area contributed by atoms with E-state index in [0.717, 1.165) is 35.4 Å². The van der Waals surface area contributed by atoms with Crippen molar-refractivity contribution in [2.24, 2.45) is 0 Å². The molecule has 0 spiro atoms. The van der Waals surface area contributed by atoms with Crippen LogP contribution < -0.4 is 15.0 Å². The highest BCUT2D eigenvalue weighted by Crippen LogP contribution is 2.36. The number of hydrogen-bond acceptors (Lipinski definition) is 4. The van der Waals surface area contributed by atoms with Gasteiger partial charge in [0, 0.05) is 5.69 Å². The Morgan fingerprint density at radius 3 is 2.18 bits per heavy atom. The molecule has 1 heterocycles. The molecular formula is C29H30N2O3. The molecule has 5 heteroatoms. The Morgan fingerprint density at radius 1 is 0.853 bits per heavy atom. The van der Waals surface area contributed by atoms with Gasteiger partial charge in [-0.3, -0.25) is 9.59 Å². The zero-order chi connectivity index (χ0) is 24.2. The largest absolute Gasteiger partial charge is 0.494 e. The summed E-state index contributed by atoms with van der Waals surface area (Å²) in [6.07, 6.45) is 1.84. The number of anilines is 2. The van der Waals surface area contributed by atoms with Crippen molar-refractivity contribution in [3.8, 4) is 5.75 Å². The van der Waals surface area contributed by atoms with Crippen molar-refractivity contribution in [1.82, 2.24) is 0 Å². The van der Waals surface area contributed by atoms with Gasteiger partial charge in [0.15, 0.2) is 0 Å². The normalized spacial score (nSPS) is 13.6. The lowest BCUT2D eigenvalue weighted by atomic mass is 10.0. The lowest BCUT2D eigenvalue weighted by Gasteiger charge is -2.18. The van der Waals surface area contributed by atoms with Gasteiger partial charge in [0.25, 0.3) is 11.8 Å². The first kappa shape index (κ1) is 23.3. The lowest BCUT2D eigenvalue weighted by Crippen LogP contribution is -2.33. The fourth-order valence-electron chi connectivity index (χ4n) is 4.09. The summed E-state index contributed by atoms with van der Waals surface area (Å²) in [5.74, 6) is 0.0311. The Hall–Kier alpha value is -3.86. The van der Waals surface area contributed by atoms with Gasteiger partial charge in [0.1, 0.15) is 11.4 Å². The first-order valence-corrected chi connectivity index (χ1v) is 11.7. The summed E-state index contributed by atoms with van der Waals surface area (Å²) in [6, 6.07) is 21.0. The van der Waals surface area contributed by atoms with Gasteiger partial charge in [0.2, 0.25) is 0 Å². The van der Waals surface area contributed by atoms with Gasteiger partial charge >= 0.3 is 0 Å². The first-order chi connectivity index (χ1) is 16.4. The molecule has 1 N–H and O–H groups in total. The monoisotopic (exact) mass is 454 g/mol. The molecule has 0 radical (unpaired) electrons. The van der Waals surface area contributed by atoms with E-state index < -0.39 is 0 Å². The molecule has 5 nitrogen and oxygen atoms in total. The van der Waals surface area contributed by atoms with Crippen LogP contribution in [0.15, 0.2) is 72.4 Å². The Kier molecular flexibility index (Phi) is 6.82. The van der Waals surface area contributed by atoms with Crippen LogP contribution in [0.5, 0.6) is 5.75 Å². The van der Waals surface area contributed by atoms with Crippen molar-refractivity contribution in [3.05, 3.63) is 94.7 Å². The van der Waals surface area contributed by atoms with Crippen LogP contribution in [0.25, 0.3) is 5.57 Å². The summed E-state index contributed by atoms with van der Waals surface area (Å²) < 4.78 is 5.69. The molecule has 1 aliphatic rings. The molecule has 4 rings (SSSR count). The van der Waals surface area contributed by atoms with Crippen LogP contribution in [0.4, 0.5) is 11.4 Å². The molecule has 0 aliphatic carbocycles. The third kappa shape index (κ3) is 4.60. The number of aryl methyl sites for hydroxylation is 3. The van der Waals surface area contributed by atoms with Crippen LogP contribution in [0.1, 0.15) is 42.5 Å². The Balaban J connectivity index is 1.76. The van der Waals surface area contributed by atoms with Gasteiger partial charge in [-0.05, 0) is 73.7 Å². The fourth-order valence-corrected chi connectivity index (χ4v) is 4.09. The molecule has 0 fully saturated rings. The highest BCUT2D eigenvalue weighted by Gasteiger charge is 2.40. The van der Waals surface area contributed by atoms with Crippen LogP contribution in [0, 0.1) is 13.8 Å². The number of imide groups is 1. The summed E-state index contributed by atoms with van der Waals surface area (Å²) in [5.41, 5.74) is 5.80. The zero-order valence-corrected chi connectivity index (χ0v) is 20.1. The van der Waals surface area contributed by atoms with E-state index in [1.807, 2.05) is 80.6 Å². The number of carbonyl (C=O) groups excluding carboxylic acids is 2. The highest BCUT2D eigenvalue weighted by molar-refractivity contribution is 6.46. The van der Waals surface area contributed by atoms with E-state index in [4.69, 9.17) is 4.74 Å². The molecule has 0 saturated carbocycles. The van der Waals surface area contributed by atoms with Gasteiger partial charge in [-0.25, -0.2) is 4.90 Å². The summed E-state index contributed by atoms with van der Waals surface area (Å²) in [5, 5.41) is 3.24. The molecule has 0 aromatic heterocycles. The van der Waals surface area contributed by atoms with Crippen molar-refractivity contribution in [3.63, 3.8) is 0 Å². The number of nitrogens with zero attached hydrogens (tertiary/aromatic N) is 1. The Morgan fingerprint density at radius 2 is 1.56 bits per heavy atom. The number of carbonyl (C=O) groups is 2. The summed E-state index contributed by atoms with van der Waals surface area (Å²) in [6.45, 7) is 8.67. The molecule has 2 amide bonds. The van der Waals surface area contributed by atoms with Crippen molar-refractivity contribution >= 4 is 28.8 Å². The van der Waals surface area contributed by atoms with Crippen molar-refractivity contribution in [2.75, 3.05) is 16.8 Å². The van der Waals surface area contributed by atoms with E-state index in [0.29, 0.717) is 23.4 Å². The minimum atomic E-state index is -0.363. The van der Waals surface area contributed by atoms with E-state index in [1.165, 1.54) is 10.5 Å². The number of nitrogens with one attached hydrogen (secondary N) is 1. The maximum absolute atomic E-state index is 13.7. The van der Waals surface area contributed by atoms with Crippen LogP contribution in [0.3, 0.4) is 0 Å². The second-order valence-electron chi connectivity index (χ2n) is 8.53. The number of benzene rings is 3. The van der Waals surface area contributed by atoms with Crippen LogP contribution in [0.2, 0.25) is 0 Å². The smallest absolute Gasteiger partial charge is 0.282 e. The van der Waals surface area contributed by atoms with Crippen molar-refractivity contribution in [2.45, 2.75) is 40.5 Å². The summed E-state index contributed by atoms with van der Waals surface area (Å²) in [4.78, 5) is 28.6. The first-order valence-electron chi connectivity index (χ1n) is 11.7. The minimum absolute atomic E-state index is 0.274. The molecule has 174 valence electrons. The Labute approximate surface area is 201 Å². The topological polar surface area (TPSA) is 58.6 Å². The zero-order valence-electron chi connectivity index (χ0n) is 20.1. The van der Waals surface area contributed by atoms with Crippen molar-refractivity contribution < 1.29 is 14.3 Å². The van der Waals surface area contributed by atoms with Crippen molar-refractivity contribution in [1.29, 1.82) is 0 Å². The van der Waals surface area contributed by atoms with Gasteiger partial charge in [0.05, 0.1) is 17.9 Å². The molecule has 3 aromatic carbocycles. The average Bonchev–Trinajstić information content (AvgIpc) is 3.08. The van der Waals surface area contributed by atoms with Gasteiger partial charge < -0.3 is 10.1 Å². The van der Waals surface area contributed by atoms with E-state index in [2.05, 4.69) is 19.2 Å². The highest BCUT2D eigenvalue weighted by atomic mass is 16.5. The SMILES string of the molecule is CCCOc1ccc(C2=C(Nc3ccc(CC)cc3)C(=O)N(c3ccc(C)cc3C)C2=O)cc1. The number of hydrogen-bond donors (Lipinski definition) is 1.